The Kier molecular flexibility index (Phi) is 6.58. The molecule has 4 heteroatoms. The lowest BCUT2D eigenvalue weighted by Crippen LogP contribution is -2.25. The molecule has 0 aliphatic carbocycles. The van der Waals surface area contributed by atoms with Crippen LogP contribution < -0.4 is 10.2 Å². The minimum Gasteiger partial charge on any atom is -0.352 e. The van der Waals surface area contributed by atoms with Crippen LogP contribution in [0.1, 0.15) is 29.3 Å². The summed E-state index contributed by atoms with van der Waals surface area (Å²) in [5.41, 5.74) is 3.88. The topological polar surface area (TPSA) is 45.2 Å². The smallest absolute Gasteiger partial charge is 0.252 e. The summed E-state index contributed by atoms with van der Waals surface area (Å²) >= 11 is 0. The number of pyridine rings is 1. The van der Waals surface area contributed by atoms with Crippen LogP contribution in [0.25, 0.3) is 0 Å². The fourth-order valence-electron chi connectivity index (χ4n) is 3.06. The molecule has 1 heterocycles. The molecule has 138 valence electrons. The van der Waals surface area contributed by atoms with Crippen molar-refractivity contribution in [3.8, 4) is 0 Å². The average Bonchev–Trinajstić information content (AvgIpc) is 2.73. The van der Waals surface area contributed by atoms with Gasteiger partial charge >= 0.3 is 0 Å². The second kappa shape index (κ2) is 9.53. The van der Waals surface area contributed by atoms with E-state index in [1.807, 2.05) is 42.5 Å². The Hall–Kier alpha value is -3.14. The molecule has 0 saturated carbocycles. The Morgan fingerprint density at radius 2 is 1.67 bits per heavy atom. The summed E-state index contributed by atoms with van der Waals surface area (Å²) in [5, 5.41) is 3.00. The van der Waals surface area contributed by atoms with Gasteiger partial charge < -0.3 is 10.2 Å². The molecule has 3 rings (SSSR count). The molecule has 4 nitrogen and oxygen atoms in total. The van der Waals surface area contributed by atoms with E-state index in [1.165, 1.54) is 5.56 Å². The van der Waals surface area contributed by atoms with E-state index in [1.54, 1.807) is 12.4 Å². The first kappa shape index (κ1) is 18.6. The van der Waals surface area contributed by atoms with Gasteiger partial charge in [-0.05, 0) is 43.5 Å². The van der Waals surface area contributed by atoms with Gasteiger partial charge in [0.15, 0.2) is 0 Å². The van der Waals surface area contributed by atoms with Gasteiger partial charge in [0.2, 0.25) is 0 Å². The molecule has 0 radical (unpaired) electrons. The highest BCUT2D eigenvalue weighted by atomic mass is 16.1. The minimum absolute atomic E-state index is 0.0819. The molecule has 1 aromatic heterocycles. The number of nitrogens with zero attached hydrogens (tertiary/aromatic N) is 2. The maximum absolute atomic E-state index is 12.5. The molecule has 0 aliphatic rings. The van der Waals surface area contributed by atoms with Crippen molar-refractivity contribution < 1.29 is 4.79 Å². The zero-order chi connectivity index (χ0) is 18.9. The first-order chi connectivity index (χ1) is 13.3. The SMILES string of the molecule is CCN(c1ccccc1)c1cncc(C(=O)NCCCc2ccccc2)c1. The van der Waals surface area contributed by atoms with E-state index < -0.39 is 0 Å². The van der Waals surface area contributed by atoms with Crippen LogP contribution in [0.3, 0.4) is 0 Å². The second-order valence-electron chi connectivity index (χ2n) is 6.36. The van der Waals surface area contributed by atoms with Crippen LogP contribution in [0.2, 0.25) is 0 Å². The quantitative estimate of drug-likeness (QED) is 0.598. The third-order valence-electron chi connectivity index (χ3n) is 4.45. The number of nitrogens with one attached hydrogen (secondary N) is 1. The largest absolute Gasteiger partial charge is 0.352 e. The summed E-state index contributed by atoms with van der Waals surface area (Å²) in [4.78, 5) is 18.9. The Labute approximate surface area is 160 Å². The highest BCUT2D eigenvalue weighted by molar-refractivity contribution is 5.94. The molecule has 2 aromatic carbocycles. The lowest BCUT2D eigenvalue weighted by molar-refractivity contribution is 0.0953. The Balaban J connectivity index is 1.60. The van der Waals surface area contributed by atoms with Crippen molar-refractivity contribution in [3.05, 3.63) is 90.3 Å². The monoisotopic (exact) mass is 359 g/mol. The third-order valence-corrected chi connectivity index (χ3v) is 4.45. The van der Waals surface area contributed by atoms with E-state index in [9.17, 15) is 4.79 Å². The Morgan fingerprint density at radius 3 is 2.37 bits per heavy atom. The number of carbonyl (C=O) groups excluding carboxylic acids is 1. The number of para-hydroxylation sites is 1. The zero-order valence-corrected chi connectivity index (χ0v) is 15.6. The standard InChI is InChI=1S/C23H25N3O/c1-2-26(21-13-7-4-8-14-21)22-16-20(17-24-18-22)23(27)25-15-9-12-19-10-5-3-6-11-19/h3-8,10-11,13-14,16-18H,2,9,12,15H2,1H3,(H,25,27). The van der Waals surface area contributed by atoms with Crippen LogP contribution >= 0.6 is 0 Å². The molecule has 1 N–H and O–H groups in total. The zero-order valence-electron chi connectivity index (χ0n) is 15.6. The normalized spacial score (nSPS) is 10.4. The molecule has 0 bridgehead atoms. The molecule has 0 fully saturated rings. The van der Waals surface area contributed by atoms with Gasteiger partial charge in [-0.15, -0.1) is 0 Å². The van der Waals surface area contributed by atoms with Crippen molar-refractivity contribution in [3.63, 3.8) is 0 Å². The third kappa shape index (κ3) is 5.17. The van der Waals surface area contributed by atoms with Gasteiger partial charge in [0.1, 0.15) is 0 Å². The summed E-state index contributed by atoms with van der Waals surface area (Å²) in [7, 11) is 0. The van der Waals surface area contributed by atoms with Crippen molar-refractivity contribution in [2.75, 3.05) is 18.0 Å². The van der Waals surface area contributed by atoms with Crippen molar-refractivity contribution in [2.24, 2.45) is 0 Å². The van der Waals surface area contributed by atoms with E-state index in [-0.39, 0.29) is 5.91 Å². The van der Waals surface area contributed by atoms with Gasteiger partial charge in [-0.1, -0.05) is 48.5 Å². The molecule has 0 spiro atoms. The number of carbonyl (C=O) groups is 1. The fraction of sp³-hybridized carbons (Fsp3) is 0.217. The summed E-state index contributed by atoms with van der Waals surface area (Å²) < 4.78 is 0. The Bertz CT molecular complexity index is 850. The molecule has 27 heavy (non-hydrogen) atoms. The van der Waals surface area contributed by atoms with Gasteiger partial charge in [0.05, 0.1) is 17.4 Å². The summed E-state index contributed by atoms with van der Waals surface area (Å²) in [6, 6.07) is 22.3. The summed E-state index contributed by atoms with van der Waals surface area (Å²) in [5.74, 6) is -0.0819. The number of rotatable bonds is 8. The molecular formula is C23H25N3O. The minimum atomic E-state index is -0.0819. The van der Waals surface area contributed by atoms with E-state index in [2.05, 4.69) is 46.4 Å². The first-order valence-corrected chi connectivity index (χ1v) is 9.37. The molecular weight excluding hydrogens is 334 g/mol. The summed E-state index contributed by atoms with van der Waals surface area (Å²) in [6.45, 7) is 3.53. The van der Waals surface area contributed by atoms with Crippen molar-refractivity contribution >= 4 is 17.3 Å². The number of hydrogen-bond acceptors (Lipinski definition) is 3. The number of hydrogen-bond donors (Lipinski definition) is 1. The van der Waals surface area contributed by atoms with Gasteiger partial charge in [-0.25, -0.2) is 0 Å². The second-order valence-corrected chi connectivity index (χ2v) is 6.36. The molecule has 0 aliphatic heterocycles. The predicted molar refractivity (Wildman–Crippen MR) is 110 cm³/mol. The predicted octanol–water partition coefficient (Wildman–Crippen LogP) is 4.60. The van der Waals surface area contributed by atoms with E-state index >= 15 is 0 Å². The van der Waals surface area contributed by atoms with E-state index in [0.29, 0.717) is 12.1 Å². The van der Waals surface area contributed by atoms with Crippen LogP contribution in [0.5, 0.6) is 0 Å². The van der Waals surface area contributed by atoms with Gasteiger partial charge in [0, 0.05) is 25.0 Å². The van der Waals surface area contributed by atoms with Crippen LogP contribution in [0.15, 0.2) is 79.1 Å². The fourth-order valence-corrected chi connectivity index (χ4v) is 3.06. The molecule has 0 saturated heterocycles. The van der Waals surface area contributed by atoms with Crippen LogP contribution in [0.4, 0.5) is 11.4 Å². The van der Waals surface area contributed by atoms with E-state index in [4.69, 9.17) is 0 Å². The van der Waals surface area contributed by atoms with Crippen molar-refractivity contribution in [1.82, 2.24) is 10.3 Å². The Morgan fingerprint density at radius 1 is 0.963 bits per heavy atom. The lowest BCUT2D eigenvalue weighted by Gasteiger charge is -2.23. The molecule has 3 aromatic rings. The molecule has 0 atom stereocenters. The van der Waals surface area contributed by atoms with Crippen LogP contribution in [0, 0.1) is 0 Å². The highest BCUT2D eigenvalue weighted by Crippen LogP contribution is 2.24. The number of aryl methyl sites for hydroxylation is 1. The number of amides is 1. The highest BCUT2D eigenvalue weighted by Gasteiger charge is 2.11. The number of benzene rings is 2. The first-order valence-electron chi connectivity index (χ1n) is 9.37. The summed E-state index contributed by atoms with van der Waals surface area (Å²) in [6.07, 6.45) is 5.28. The average molecular weight is 359 g/mol. The van der Waals surface area contributed by atoms with Gasteiger partial charge in [-0.2, -0.15) is 0 Å². The van der Waals surface area contributed by atoms with Crippen molar-refractivity contribution in [1.29, 1.82) is 0 Å². The molecule has 0 unspecified atom stereocenters. The molecule has 1 amide bonds. The number of anilines is 2. The number of aromatic nitrogens is 1. The van der Waals surface area contributed by atoms with Gasteiger partial charge in [-0.3, -0.25) is 9.78 Å². The van der Waals surface area contributed by atoms with Crippen molar-refractivity contribution in [2.45, 2.75) is 19.8 Å². The van der Waals surface area contributed by atoms with Crippen LogP contribution in [-0.2, 0) is 6.42 Å². The van der Waals surface area contributed by atoms with Gasteiger partial charge in [0.25, 0.3) is 5.91 Å². The lowest BCUT2D eigenvalue weighted by atomic mass is 10.1. The van der Waals surface area contributed by atoms with Crippen LogP contribution in [-0.4, -0.2) is 24.0 Å². The maximum atomic E-state index is 12.5. The van der Waals surface area contributed by atoms with E-state index in [0.717, 1.165) is 30.8 Å². The maximum Gasteiger partial charge on any atom is 0.252 e.